The Bertz CT molecular complexity index is 484. The Kier molecular flexibility index (Phi) is 5.44. The van der Waals surface area contributed by atoms with Crippen molar-refractivity contribution in [1.82, 2.24) is 5.32 Å². The third-order valence-electron chi connectivity index (χ3n) is 3.91. The van der Waals surface area contributed by atoms with E-state index in [4.69, 9.17) is 10.5 Å². The average Bonchev–Trinajstić information content (AvgIpc) is 2.48. The summed E-state index contributed by atoms with van der Waals surface area (Å²) in [6.07, 6.45) is 2.17. The van der Waals surface area contributed by atoms with Crippen LogP contribution in [0.5, 0.6) is 0 Å². The second-order valence-electron chi connectivity index (χ2n) is 5.57. The second-order valence-corrected chi connectivity index (χ2v) is 5.57. The summed E-state index contributed by atoms with van der Waals surface area (Å²) in [5.74, 6) is 0.564. The first kappa shape index (κ1) is 15.6. The number of hydrogen-bond donors (Lipinski definition) is 2. The van der Waals surface area contributed by atoms with E-state index in [0.717, 1.165) is 38.3 Å². The zero-order valence-electron chi connectivity index (χ0n) is 12.9. The van der Waals surface area contributed by atoms with Crippen molar-refractivity contribution in [2.75, 3.05) is 44.0 Å². The van der Waals surface area contributed by atoms with E-state index in [0.29, 0.717) is 23.7 Å². The second kappa shape index (κ2) is 7.31. The maximum absolute atomic E-state index is 11.9. The summed E-state index contributed by atoms with van der Waals surface area (Å²) in [5, 5.41) is 2.81. The lowest BCUT2D eigenvalue weighted by Crippen LogP contribution is -2.30. The molecule has 21 heavy (non-hydrogen) atoms. The van der Waals surface area contributed by atoms with Gasteiger partial charge in [-0.1, -0.05) is 0 Å². The predicted octanol–water partition coefficient (Wildman–Crippen LogP) is 1.88. The molecule has 116 valence electrons. The first-order valence-electron chi connectivity index (χ1n) is 7.58. The van der Waals surface area contributed by atoms with Crippen molar-refractivity contribution >= 4 is 17.3 Å². The lowest BCUT2D eigenvalue weighted by molar-refractivity contribution is 0.0685. The topological polar surface area (TPSA) is 67.6 Å². The van der Waals surface area contributed by atoms with Crippen LogP contribution >= 0.6 is 0 Å². The lowest BCUT2D eigenvalue weighted by atomic mass is 9.99. The van der Waals surface area contributed by atoms with Gasteiger partial charge in [0.25, 0.3) is 5.91 Å². The molecule has 0 aliphatic carbocycles. The standard InChI is InChI=1S/C16H25N3O2/c1-3-18-16(20)13-4-5-14(17)15(10-13)19(2)11-12-6-8-21-9-7-12/h4-5,10,12H,3,6-9,11,17H2,1-2H3,(H,18,20). The van der Waals surface area contributed by atoms with Crippen molar-refractivity contribution in [2.45, 2.75) is 19.8 Å². The van der Waals surface area contributed by atoms with Crippen LogP contribution in [0, 0.1) is 5.92 Å². The monoisotopic (exact) mass is 291 g/mol. The molecule has 1 amide bonds. The highest BCUT2D eigenvalue weighted by molar-refractivity contribution is 5.96. The number of nitrogens with two attached hydrogens (primary N) is 1. The van der Waals surface area contributed by atoms with Gasteiger partial charge >= 0.3 is 0 Å². The van der Waals surface area contributed by atoms with Crippen molar-refractivity contribution in [1.29, 1.82) is 0 Å². The van der Waals surface area contributed by atoms with Crippen molar-refractivity contribution in [3.8, 4) is 0 Å². The Morgan fingerprint density at radius 3 is 2.81 bits per heavy atom. The first-order valence-corrected chi connectivity index (χ1v) is 7.58. The van der Waals surface area contributed by atoms with Gasteiger partial charge in [0.1, 0.15) is 0 Å². The molecular weight excluding hydrogens is 266 g/mol. The lowest BCUT2D eigenvalue weighted by Gasteiger charge is -2.29. The summed E-state index contributed by atoms with van der Waals surface area (Å²) >= 11 is 0. The molecule has 0 atom stereocenters. The van der Waals surface area contributed by atoms with Gasteiger partial charge in [-0.25, -0.2) is 0 Å². The molecule has 0 bridgehead atoms. The van der Waals surface area contributed by atoms with Crippen LogP contribution in [-0.4, -0.2) is 39.3 Å². The van der Waals surface area contributed by atoms with Crippen LogP contribution in [0.2, 0.25) is 0 Å². The molecule has 1 fully saturated rings. The van der Waals surface area contributed by atoms with Crippen LogP contribution < -0.4 is 16.0 Å². The van der Waals surface area contributed by atoms with Crippen LogP contribution in [0.25, 0.3) is 0 Å². The number of benzene rings is 1. The van der Waals surface area contributed by atoms with Gasteiger partial charge in [0.15, 0.2) is 0 Å². The molecule has 3 N–H and O–H groups in total. The van der Waals surface area contributed by atoms with Crippen LogP contribution in [0.1, 0.15) is 30.1 Å². The fourth-order valence-corrected chi connectivity index (χ4v) is 2.69. The smallest absolute Gasteiger partial charge is 0.251 e. The van der Waals surface area contributed by atoms with E-state index < -0.39 is 0 Å². The fourth-order valence-electron chi connectivity index (χ4n) is 2.69. The minimum atomic E-state index is -0.0572. The van der Waals surface area contributed by atoms with Gasteiger partial charge in [0, 0.05) is 38.9 Å². The maximum Gasteiger partial charge on any atom is 0.251 e. The molecule has 0 unspecified atom stereocenters. The number of nitrogens with zero attached hydrogens (tertiary/aromatic N) is 1. The van der Waals surface area contributed by atoms with E-state index in [9.17, 15) is 4.79 Å². The molecule has 1 aromatic rings. The van der Waals surface area contributed by atoms with E-state index in [1.807, 2.05) is 20.0 Å². The molecule has 1 heterocycles. The third kappa shape index (κ3) is 4.11. The number of anilines is 2. The largest absolute Gasteiger partial charge is 0.397 e. The van der Waals surface area contributed by atoms with E-state index in [1.54, 1.807) is 12.1 Å². The number of amides is 1. The number of nitrogen functional groups attached to an aromatic ring is 1. The van der Waals surface area contributed by atoms with Gasteiger partial charge < -0.3 is 20.7 Å². The molecular formula is C16H25N3O2. The van der Waals surface area contributed by atoms with Gasteiger partial charge in [-0.2, -0.15) is 0 Å². The van der Waals surface area contributed by atoms with E-state index in [1.165, 1.54) is 0 Å². The molecule has 1 saturated heterocycles. The summed E-state index contributed by atoms with van der Waals surface area (Å²) in [6, 6.07) is 5.45. The average molecular weight is 291 g/mol. The molecule has 1 aliphatic rings. The number of nitrogens with one attached hydrogen (secondary N) is 1. The zero-order chi connectivity index (χ0) is 15.2. The number of hydrogen-bond acceptors (Lipinski definition) is 4. The van der Waals surface area contributed by atoms with Crippen molar-refractivity contribution in [3.05, 3.63) is 23.8 Å². The van der Waals surface area contributed by atoms with Gasteiger partial charge in [-0.05, 0) is 43.9 Å². The highest BCUT2D eigenvalue weighted by Crippen LogP contribution is 2.26. The van der Waals surface area contributed by atoms with Crippen molar-refractivity contribution in [3.63, 3.8) is 0 Å². The van der Waals surface area contributed by atoms with Crippen LogP contribution in [0.4, 0.5) is 11.4 Å². The quantitative estimate of drug-likeness (QED) is 0.813. The molecule has 5 heteroatoms. The number of ether oxygens (including phenoxy) is 1. The van der Waals surface area contributed by atoms with E-state index in [-0.39, 0.29) is 5.91 Å². The predicted molar refractivity (Wildman–Crippen MR) is 85.7 cm³/mol. The minimum Gasteiger partial charge on any atom is -0.397 e. The Labute approximate surface area is 126 Å². The van der Waals surface area contributed by atoms with Gasteiger partial charge in [-0.15, -0.1) is 0 Å². The molecule has 0 saturated carbocycles. The Hall–Kier alpha value is -1.75. The SMILES string of the molecule is CCNC(=O)c1ccc(N)c(N(C)CC2CCOCC2)c1. The van der Waals surface area contributed by atoms with Crippen molar-refractivity contribution < 1.29 is 9.53 Å². The normalized spacial score (nSPS) is 15.7. The Balaban J connectivity index is 2.09. The van der Waals surface area contributed by atoms with Crippen LogP contribution in [-0.2, 0) is 4.74 Å². The number of carbonyl (C=O) groups is 1. The maximum atomic E-state index is 11.9. The molecule has 5 nitrogen and oxygen atoms in total. The van der Waals surface area contributed by atoms with Crippen LogP contribution in [0.3, 0.4) is 0 Å². The first-order chi connectivity index (χ1) is 10.1. The summed E-state index contributed by atoms with van der Waals surface area (Å²) in [7, 11) is 2.03. The Morgan fingerprint density at radius 1 is 1.43 bits per heavy atom. The van der Waals surface area contributed by atoms with Crippen LogP contribution in [0.15, 0.2) is 18.2 Å². The van der Waals surface area contributed by atoms with Gasteiger partial charge in [0.05, 0.1) is 11.4 Å². The van der Waals surface area contributed by atoms with Crippen molar-refractivity contribution in [2.24, 2.45) is 5.92 Å². The number of rotatable bonds is 5. The van der Waals surface area contributed by atoms with E-state index >= 15 is 0 Å². The highest BCUT2D eigenvalue weighted by Gasteiger charge is 2.18. The van der Waals surface area contributed by atoms with E-state index in [2.05, 4.69) is 10.2 Å². The van der Waals surface area contributed by atoms with Gasteiger partial charge in [0.2, 0.25) is 0 Å². The molecule has 1 aliphatic heterocycles. The molecule has 0 radical (unpaired) electrons. The Morgan fingerprint density at radius 2 is 2.14 bits per heavy atom. The minimum absolute atomic E-state index is 0.0572. The third-order valence-corrected chi connectivity index (χ3v) is 3.91. The summed E-state index contributed by atoms with van der Waals surface area (Å²) < 4.78 is 5.39. The highest BCUT2D eigenvalue weighted by atomic mass is 16.5. The molecule has 0 aromatic heterocycles. The molecule has 2 rings (SSSR count). The zero-order valence-corrected chi connectivity index (χ0v) is 12.9. The molecule has 1 aromatic carbocycles. The molecule has 0 spiro atoms. The number of carbonyl (C=O) groups excluding carboxylic acids is 1. The summed E-state index contributed by atoms with van der Waals surface area (Å²) in [5.41, 5.74) is 8.35. The fraction of sp³-hybridized carbons (Fsp3) is 0.562. The van der Waals surface area contributed by atoms with Gasteiger partial charge in [-0.3, -0.25) is 4.79 Å². The summed E-state index contributed by atoms with van der Waals surface area (Å²) in [4.78, 5) is 14.1. The summed E-state index contributed by atoms with van der Waals surface area (Å²) in [6.45, 7) is 5.15.